The number of benzene rings is 1. The van der Waals surface area contributed by atoms with Crippen LogP contribution in [0.4, 0.5) is 0 Å². The average Bonchev–Trinajstić information content (AvgIpc) is 2.91. The van der Waals surface area contributed by atoms with Gasteiger partial charge < -0.3 is 15.2 Å². The number of hydrogen-bond acceptors (Lipinski definition) is 4. The molecule has 1 aromatic carbocycles. The van der Waals surface area contributed by atoms with Crippen LogP contribution in [-0.2, 0) is 6.42 Å². The number of hydrogen-bond donors (Lipinski definition) is 1. The molecule has 0 aromatic heterocycles. The van der Waals surface area contributed by atoms with Crippen molar-refractivity contribution in [2.45, 2.75) is 37.3 Å². The van der Waals surface area contributed by atoms with Crippen LogP contribution in [0.25, 0.3) is 0 Å². The molecule has 1 heterocycles. The number of nitrogens with two attached hydrogens (primary N) is 1. The molecule has 0 amide bonds. The van der Waals surface area contributed by atoms with Gasteiger partial charge in [-0.15, -0.1) is 0 Å². The molecule has 0 radical (unpaired) electrons. The quantitative estimate of drug-likeness (QED) is 0.900. The fraction of sp³-hybridized carbons (Fsp3) is 0.600. The van der Waals surface area contributed by atoms with Crippen LogP contribution in [0.5, 0.6) is 11.5 Å². The van der Waals surface area contributed by atoms with Gasteiger partial charge in [-0.1, -0.05) is 12.1 Å². The Morgan fingerprint density at radius 3 is 2.89 bits per heavy atom. The smallest absolute Gasteiger partial charge is 0.163 e. The Hall–Kier alpha value is -0.870. The molecule has 1 aliphatic heterocycles. The van der Waals surface area contributed by atoms with Crippen LogP contribution in [0.1, 0.15) is 24.8 Å². The Morgan fingerprint density at radius 1 is 1.42 bits per heavy atom. The van der Waals surface area contributed by atoms with E-state index in [-0.39, 0.29) is 5.54 Å². The lowest BCUT2D eigenvalue weighted by Crippen LogP contribution is -2.25. The van der Waals surface area contributed by atoms with Gasteiger partial charge in [0.05, 0.1) is 7.11 Å². The molecule has 2 N–H and O–H groups in total. The van der Waals surface area contributed by atoms with Crippen LogP contribution >= 0.6 is 11.8 Å². The SMILES string of the molecule is COc1c(CC2(N)CC2)cccc1OC1CCSC1. The van der Waals surface area contributed by atoms with Crippen LogP contribution in [0.2, 0.25) is 0 Å². The van der Waals surface area contributed by atoms with Gasteiger partial charge in [0.15, 0.2) is 11.5 Å². The van der Waals surface area contributed by atoms with Gasteiger partial charge in [-0.05, 0) is 43.1 Å². The molecule has 2 aliphatic rings. The largest absolute Gasteiger partial charge is 0.493 e. The van der Waals surface area contributed by atoms with Crippen molar-refractivity contribution in [3.05, 3.63) is 23.8 Å². The topological polar surface area (TPSA) is 44.5 Å². The van der Waals surface area contributed by atoms with Crippen LogP contribution < -0.4 is 15.2 Å². The van der Waals surface area contributed by atoms with E-state index < -0.39 is 0 Å². The summed E-state index contributed by atoms with van der Waals surface area (Å²) in [6.07, 6.45) is 4.55. The third kappa shape index (κ3) is 3.00. The van der Waals surface area contributed by atoms with E-state index in [1.165, 1.54) is 11.3 Å². The summed E-state index contributed by atoms with van der Waals surface area (Å²) in [5.74, 6) is 4.01. The third-order valence-electron chi connectivity index (χ3n) is 3.88. The van der Waals surface area contributed by atoms with Gasteiger partial charge in [-0.3, -0.25) is 0 Å². The number of thioether (sulfide) groups is 1. The first kappa shape index (κ1) is 13.1. The van der Waals surface area contributed by atoms with Gasteiger partial charge in [0.25, 0.3) is 0 Å². The van der Waals surface area contributed by atoms with Gasteiger partial charge in [0.2, 0.25) is 0 Å². The molecule has 1 saturated heterocycles. The lowest BCUT2D eigenvalue weighted by atomic mass is 10.0. The van der Waals surface area contributed by atoms with Crippen LogP contribution in [0, 0.1) is 0 Å². The second-order valence-corrected chi connectivity index (χ2v) is 6.74. The molecule has 1 saturated carbocycles. The zero-order chi connectivity index (χ0) is 13.3. The maximum absolute atomic E-state index is 6.22. The van der Waals surface area contributed by atoms with Crippen molar-refractivity contribution in [3.63, 3.8) is 0 Å². The number of methoxy groups -OCH3 is 1. The summed E-state index contributed by atoms with van der Waals surface area (Å²) in [6.45, 7) is 0. The zero-order valence-corrected chi connectivity index (χ0v) is 12.2. The first-order valence-electron chi connectivity index (χ1n) is 6.89. The summed E-state index contributed by atoms with van der Waals surface area (Å²) in [4.78, 5) is 0. The Kier molecular flexibility index (Phi) is 3.63. The van der Waals surface area contributed by atoms with Crippen molar-refractivity contribution >= 4 is 11.8 Å². The van der Waals surface area contributed by atoms with Crippen molar-refractivity contribution in [3.8, 4) is 11.5 Å². The van der Waals surface area contributed by atoms with E-state index in [1.54, 1.807) is 7.11 Å². The molecule has 0 bridgehead atoms. The van der Waals surface area contributed by atoms with Crippen LogP contribution in [0.15, 0.2) is 18.2 Å². The number of para-hydroxylation sites is 1. The molecule has 3 rings (SSSR count). The summed E-state index contributed by atoms with van der Waals surface area (Å²) in [5.41, 5.74) is 7.38. The second kappa shape index (κ2) is 5.25. The monoisotopic (exact) mass is 279 g/mol. The summed E-state index contributed by atoms with van der Waals surface area (Å²) in [6, 6.07) is 6.14. The van der Waals surface area contributed by atoms with E-state index in [1.807, 2.05) is 23.9 Å². The third-order valence-corrected chi connectivity index (χ3v) is 5.01. The lowest BCUT2D eigenvalue weighted by molar-refractivity contribution is 0.218. The van der Waals surface area contributed by atoms with E-state index in [4.69, 9.17) is 15.2 Å². The van der Waals surface area contributed by atoms with Gasteiger partial charge in [-0.2, -0.15) is 11.8 Å². The highest BCUT2D eigenvalue weighted by atomic mass is 32.2. The highest BCUT2D eigenvalue weighted by Gasteiger charge is 2.39. The average molecular weight is 279 g/mol. The van der Waals surface area contributed by atoms with Gasteiger partial charge in [0.1, 0.15) is 6.10 Å². The molecule has 3 nitrogen and oxygen atoms in total. The summed E-state index contributed by atoms with van der Waals surface area (Å²) < 4.78 is 11.7. The molecule has 1 unspecified atom stereocenters. The summed E-state index contributed by atoms with van der Waals surface area (Å²) in [7, 11) is 1.71. The molecule has 1 aliphatic carbocycles. The minimum Gasteiger partial charge on any atom is -0.493 e. The Labute approximate surface area is 118 Å². The van der Waals surface area contributed by atoms with E-state index in [0.717, 1.165) is 42.9 Å². The van der Waals surface area contributed by atoms with E-state index in [2.05, 4.69) is 6.07 Å². The standard InChI is InChI=1S/C15H21NO2S/c1-17-14-11(9-15(16)6-7-15)3-2-4-13(14)18-12-5-8-19-10-12/h2-4,12H,5-10,16H2,1H3. The maximum atomic E-state index is 6.22. The summed E-state index contributed by atoms with van der Waals surface area (Å²) >= 11 is 1.95. The fourth-order valence-corrected chi connectivity index (χ4v) is 3.62. The Bertz CT molecular complexity index is 453. The van der Waals surface area contributed by atoms with Gasteiger partial charge in [-0.25, -0.2) is 0 Å². The van der Waals surface area contributed by atoms with Crippen molar-refractivity contribution in [2.75, 3.05) is 18.6 Å². The van der Waals surface area contributed by atoms with E-state index in [0.29, 0.717) is 6.10 Å². The number of rotatable bonds is 5. The molecule has 0 spiro atoms. The predicted octanol–water partition coefficient (Wildman–Crippen LogP) is 2.61. The molecular weight excluding hydrogens is 258 g/mol. The molecular formula is C15H21NO2S. The summed E-state index contributed by atoms with van der Waals surface area (Å²) in [5, 5.41) is 0. The molecule has 19 heavy (non-hydrogen) atoms. The van der Waals surface area contributed by atoms with E-state index in [9.17, 15) is 0 Å². The Morgan fingerprint density at radius 2 is 2.26 bits per heavy atom. The lowest BCUT2D eigenvalue weighted by Gasteiger charge is -2.19. The normalized spacial score (nSPS) is 24.2. The van der Waals surface area contributed by atoms with Crippen molar-refractivity contribution in [2.24, 2.45) is 5.73 Å². The predicted molar refractivity (Wildman–Crippen MR) is 79.2 cm³/mol. The Balaban J connectivity index is 1.80. The highest BCUT2D eigenvalue weighted by molar-refractivity contribution is 7.99. The second-order valence-electron chi connectivity index (χ2n) is 5.59. The molecule has 1 atom stereocenters. The first-order valence-corrected chi connectivity index (χ1v) is 8.05. The molecule has 1 aromatic rings. The first-order chi connectivity index (χ1) is 9.20. The van der Waals surface area contributed by atoms with Gasteiger partial charge in [0, 0.05) is 11.3 Å². The molecule has 4 heteroatoms. The van der Waals surface area contributed by atoms with E-state index >= 15 is 0 Å². The van der Waals surface area contributed by atoms with Crippen LogP contribution in [0.3, 0.4) is 0 Å². The van der Waals surface area contributed by atoms with Crippen molar-refractivity contribution in [1.29, 1.82) is 0 Å². The fourth-order valence-electron chi connectivity index (χ4n) is 2.53. The minimum atomic E-state index is -0.00485. The van der Waals surface area contributed by atoms with Crippen molar-refractivity contribution < 1.29 is 9.47 Å². The minimum absolute atomic E-state index is 0.00485. The zero-order valence-electron chi connectivity index (χ0n) is 11.4. The molecule has 2 fully saturated rings. The maximum Gasteiger partial charge on any atom is 0.163 e. The molecule has 104 valence electrons. The van der Waals surface area contributed by atoms with Crippen LogP contribution in [-0.4, -0.2) is 30.3 Å². The highest BCUT2D eigenvalue weighted by Crippen LogP contribution is 2.41. The van der Waals surface area contributed by atoms with Crippen molar-refractivity contribution in [1.82, 2.24) is 0 Å². The number of ether oxygens (including phenoxy) is 2. The van der Waals surface area contributed by atoms with Gasteiger partial charge >= 0.3 is 0 Å².